The summed E-state index contributed by atoms with van der Waals surface area (Å²) in [4.78, 5) is 88.7. The SMILES string of the molecule is C[C@@H](O)[C@H]1C(=O)N2C(C(=O)OCc3ccc([N+](=O)[O-])cc3)=C(S[C@H]3C[C@@H](CSCCC(=O)N(C)NC(N)=O)N(C(=O)OCc4ccc([N+](=O)[O-])cc4)C3)[C@H](C)[C@H]12. The first-order valence-electron chi connectivity index (χ1n) is 17.5. The van der Waals surface area contributed by atoms with Gasteiger partial charge in [0.05, 0.1) is 27.9 Å². The highest BCUT2D eigenvalue weighted by atomic mass is 32.2. The Kier molecular flexibility index (Phi) is 13.4. The Labute approximate surface area is 329 Å². The van der Waals surface area contributed by atoms with Crippen molar-refractivity contribution in [3.8, 4) is 0 Å². The van der Waals surface area contributed by atoms with Crippen molar-refractivity contribution in [1.29, 1.82) is 0 Å². The number of β-lactam (4-membered cyclic amide) rings is 1. The van der Waals surface area contributed by atoms with Gasteiger partial charge in [-0.3, -0.25) is 34.8 Å². The zero-order chi connectivity index (χ0) is 40.8. The summed E-state index contributed by atoms with van der Waals surface area (Å²) >= 11 is 2.75. The number of nitro groups is 2. The van der Waals surface area contributed by atoms with Gasteiger partial charge in [-0.05, 0) is 48.7 Å². The second-order valence-corrected chi connectivity index (χ2v) is 16.0. The summed E-state index contributed by atoms with van der Waals surface area (Å²) in [6.07, 6.45) is -1.09. The standard InChI is InChI=1S/C35H41N7O12S2/c1-19-29-28(20(2)43)32(45)40(29)30(33(46)53-16-21-4-8-23(9-5-21)41(49)50)31(19)56-26-14-25(18-55-13-12-27(44)38(3)37-34(36)47)39(15-26)35(48)54-17-22-6-10-24(11-7-22)42(51)52/h4-11,19-20,25-26,28-29,43H,12-18H2,1-3H3,(H3,36,37,47)/t19-,20-,25+,26+,28-,29-/m1/s1. The van der Waals surface area contributed by atoms with E-state index in [9.17, 15) is 49.3 Å². The number of esters is 1. The number of thioether (sulfide) groups is 2. The lowest BCUT2D eigenvalue weighted by Gasteiger charge is -2.46. The van der Waals surface area contributed by atoms with Gasteiger partial charge in [-0.1, -0.05) is 6.92 Å². The molecule has 300 valence electrons. The minimum Gasteiger partial charge on any atom is -0.456 e. The molecule has 19 nitrogen and oxygen atoms in total. The molecule has 0 radical (unpaired) electrons. The number of amides is 5. The Hall–Kier alpha value is -5.41. The number of rotatable bonds is 15. The molecular weight excluding hydrogens is 775 g/mol. The lowest BCUT2D eigenvalue weighted by molar-refractivity contribution is -0.385. The van der Waals surface area contributed by atoms with Crippen molar-refractivity contribution in [1.82, 2.24) is 20.2 Å². The number of nitrogens with zero attached hydrogens (tertiary/aromatic N) is 5. The van der Waals surface area contributed by atoms with Gasteiger partial charge >= 0.3 is 18.1 Å². The van der Waals surface area contributed by atoms with Crippen LogP contribution in [0.15, 0.2) is 59.1 Å². The van der Waals surface area contributed by atoms with Crippen LogP contribution in [-0.2, 0) is 37.1 Å². The summed E-state index contributed by atoms with van der Waals surface area (Å²) < 4.78 is 11.3. The van der Waals surface area contributed by atoms with Crippen LogP contribution in [0.5, 0.6) is 0 Å². The molecule has 0 aromatic heterocycles. The average Bonchev–Trinajstić information content (AvgIpc) is 3.66. The number of carbonyl (C=O) groups excluding carboxylic acids is 5. The van der Waals surface area contributed by atoms with Crippen LogP contribution in [0.25, 0.3) is 0 Å². The van der Waals surface area contributed by atoms with Crippen molar-refractivity contribution >= 4 is 64.8 Å². The maximum absolute atomic E-state index is 13.7. The number of non-ortho nitro benzene ring substituents is 2. The molecule has 2 aromatic carbocycles. The average molecular weight is 816 g/mol. The van der Waals surface area contributed by atoms with E-state index in [-0.39, 0.29) is 66.4 Å². The summed E-state index contributed by atoms with van der Waals surface area (Å²) in [5, 5.41) is 33.3. The molecule has 4 N–H and O–H groups in total. The first-order valence-corrected chi connectivity index (χ1v) is 19.5. The summed E-state index contributed by atoms with van der Waals surface area (Å²) in [5.74, 6) is -1.91. The van der Waals surface area contributed by atoms with Crippen molar-refractivity contribution in [2.45, 2.75) is 63.3 Å². The number of fused-ring (bicyclic) bond motifs is 1. The molecule has 0 saturated carbocycles. The van der Waals surface area contributed by atoms with Crippen LogP contribution in [0.1, 0.15) is 37.8 Å². The number of carbonyl (C=O) groups is 5. The number of benzene rings is 2. The molecule has 6 atom stereocenters. The number of hydrazine groups is 1. The van der Waals surface area contributed by atoms with Crippen molar-refractivity contribution in [2.75, 3.05) is 25.1 Å². The van der Waals surface area contributed by atoms with Crippen LogP contribution in [-0.4, -0.2) is 108 Å². The zero-order valence-corrected chi connectivity index (χ0v) is 32.2. The van der Waals surface area contributed by atoms with E-state index >= 15 is 0 Å². The smallest absolute Gasteiger partial charge is 0.410 e. The van der Waals surface area contributed by atoms with Crippen molar-refractivity contribution < 1.29 is 48.4 Å². The van der Waals surface area contributed by atoms with Crippen LogP contribution in [0, 0.1) is 32.1 Å². The van der Waals surface area contributed by atoms with E-state index in [0.29, 0.717) is 34.0 Å². The monoisotopic (exact) mass is 815 g/mol. The zero-order valence-electron chi connectivity index (χ0n) is 30.6. The van der Waals surface area contributed by atoms with E-state index in [2.05, 4.69) is 5.43 Å². The Morgan fingerprint density at radius 3 is 2.12 bits per heavy atom. The number of nitro benzene ring substituents is 2. The van der Waals surface area contributed by atoms with Crippen LogP contribution >= 0.6 is 23.5 Å². The molecule has 3 heterocycles. The number of hydrogen-bond acceptors (Lipinski definition) is 14. The molecule has 21 heteroatoms. The van der Waals surface area contributed by atoms with Crippen LogP contribution < -0.4 is 11.2 Å². The number of primary amides is 1. The molecule has 3 aliphatic rings. The van der Waals surface area contributed by atoms with Gasteiger partial charge in [0, 0.05) is 77.9 Å². The van der Waals surface area contributed by atoms with E-state index < -0.39 is 51.9 Å². The number of likely N-dealkylation sites (tertiary alicyclic amines) is 1. The summed E-state index contributed by atoms with van der Waals surface area (Å²) in [7, 11) is 1.37. The first kappa shape index (κ1) is 41.7. The molecule has 0 bridgehead atoms. The van der Waals surface area contributed by atoms with Gasteiger partial charge in [-0.15, -0.1) is 11.8 Å². The maximum atomic E-state index is 13.7. The Balaban J connectivity index is 1.32. The number of aliphatic hydroxyl groups is 1. The summed E-state index contributed by atoms with van der Waals surface area (Å²) in [6, 6.07) is 9.35. The van der Waals surface area contributed by atoms with Gasteiger partial charge in [0.15, 0.2) is 0 Å². The molecule has 5 amide bonds. The molecule has 0 aliphatic carbocycles. The fourth-order valence-electron chi connectivity index (χ4n) is 6.84. The van der Waals surface area contributed by atoms with E-state index in [4.69, 9.17) is 15.2 Å². The lowest BCUT2D eigenvalue weighted by Crippen LogP contribution is -2.63. The minimum absolute atomic E-state index is 0.0497. The number of urea groups is 1. The molecule has 56 heavy (non-hydrogen) atoms. The highest BCUT2D eigenvalue weighted by Crippen LogP contribution is 2.52. The molecule has 2 fully saturated rings. The Bertz CT molecular complexity index is 1900. The van der Waals surface area contributed by atoms with Gasteiger partial charge in [0.2, 0.25) is 11.8 Å². The first-order chi connectivity index (χ1) is 26.6. The molecule has 5 rings (SSSR count). The second-order valence-electron chi connectivity index (χ2n) is 13.5. The summed E-state index contributed by atoms with van der Waals surface area (Å²) in [5.41, 5.74) is 8.13. The number of nitrogens with one attached hydrogen (secondary N) is 1. The number of nitrogens with two attached hydrogens (primary N) is 1. The number of hydrogen-bond donors (Lipinski definition) is 3. The summed E-state index contributed by atoms with van der Waals surface area (Å²) in [6.45, 7) is 3.21. The van der Waals surface area contributed by atoms with E-state index in [1.54, 1.807) is 4.90 Å². The fourth-order valence-corrected chi connectivity index (χ4v) is 9.47. The van der Waals surface area contributed by atoms with Gasteiger partial charge in [-0.2, -0.15) is 11.8 Å². The van der Waals surface area contributed by atoms with Crippen LogP contribution in [0.2, 0.25) is 0 Å². The molecule has 0 spiro atoms. The van der Waals surface area contributed by atoms with E-state index in [1.165, 1.54) is 90.9 Å². The minimum atomic E-state index is -0.972. The largest absolute Gasteiger partial charge is 0.456 e. The third kappa shape index (κ3) is 9.51. The van der Waals surface area contributed by atoms with E-state index in [0.717, 1.165) is 5.01 Å². The number of ether oxygens (including phenoxy) is 2. The molecular formula is C35H41N7O12S2. The second kappa shape index (κ2) is 18.0. The van der Waals surface area contributed by atoms with Crippen LogP contribution in [0.3, 0.4) is 0 Å². The maximum Gasteiger partial charge on any atom is 0.410 e. The van der Waals surface area contributed by atoms with Crippen molar-refractivity contribution in [2.24, 2.45) is 17.6 Å². The lowest BCUT2D eigenvalue weighted by atomic mass is 9.79. The predicted octanol–water partition coefficient (Wildman–Crippen LogP) is 3.29. The molecule has 2 aromatic rings. The van der Waals surface area contributed by atoms with Gasteiger partial charge in [0.1, 0.15) is 18.9 Å². The third-order valence-electron chi connectivity index (χ3n) is 9.66. The van der Waals surface area contributed by atoms with Crippen molar-refractivity contribution in [3.05, 3.63) is 90.5 Å². The van der Waals surface area contributed by atoms with Crippen molar-refractivity contribution in [3.63, 3.8) is 0 Å². The van der Waals surface area contributed by atoms with Crippen LogP contribution in [0.4, 0.5) is 21.0 Å². The Morgan fingerprint density at radius 1 is 1.02 bits per heavy atom. The van der Waals surface area contributed by atoms with Gasteiger partial charge in [-0.25, -0.2) is 19.8 Å². The highest BCUT2D eigenvalue weighted by molar-refractivity contribution is 8.03. The Morgan fingerprint density at radius 2 is 1.59 bits per heavy atom. The highest BCUT2D eigenvalue weighted by Gasteiger charge is 2.60. The van der Waals surface area contributed by atoms with Gasteiger partial charge in [0.25, 0.3) is 11.4 Å². The molecule has 2 saturated heterocycles. The molecule has 0 unspecified atom stereocenters. The molecule has 3 aliphatic heterocycles. The fraction of sp³-hybridized carbons (Fsp3) is 0.457. The quantitative estimate of drug-likeness (QED) is 0.0767. The van der Waals surface area contributed by atoms with Gasteiger partial charge < -0.3 is 30.1 Å². The topological polar surface area (TPSA) is 258 Å². The third-order valence-corrected chi connectivity index (χ3v) is 12.3. The number of aliphatic hydroxyl groups excluding tert-OH is 1. The predicted molar refractivity (Wildman–Crippen MR) is 202 cm³/mol. The normalized spacial score (nSPS) is 21.9. The van der Waals surface area contributed by atoms with E-state index in [1.807, 2.05) is 6.92 Å².